The van der Waals surface area contributed by atoms with Crippen LogP contribution in [0.3, 0.4) is 0 Å². The molecule has 5 heteroatoms. The standard InChI is InChI=1S/C11H22O5/c1-6-7-8-13-16-11(4,5)15-10(12)14-9(2)3/h9H,6-8H2,1-5H3. The SMILES string of the molecule is CCCCOOC(C)(C)OC(=O)OC(C)C. The van der Waals surface area contributed by atoms with Crippen LogP contribution in [0.2, 0.25) is 0 Å². The van der Waals surface area contributed by atoms with E-state index in [-0.39, 0.29) is 6.10 Å². The molecule has 0 saturated carbocycles. The van der Waals surface area contributed by atoms with Crippen molar-refractivity contribution in [1.29, 1.82) is 0 Å². The summed E-state index contributed by atoms with van der Waals surface area (Å²) in [7, 11) is 0. The predicted molar refractivity (Wildman–Crippen MR) is 58.7 cm³/mol. The molecule has 0 aliphatic heterocycles. The number of carbonyl (C=O) groups is 1. The maximum atomic E-state index is 11.2. The Balaban J connectivity index is 3.80. The van der Waals surface area contributed by atoms with Gasteiger partial charge in [-0.05, 0) is 20.3 Å². The van der Waals surface area contributed by atoms with Crippen LogP contribution in [0.25, 0.3) is 0 Å². The minimum atomic E-state index is -1.14. The second-order valence-corrected chi connectivity index (χ2v) is 4.18. The third-order valence-corrected chi connectivity index (χ3v) is 1.50. The summed E-state index contributed by atoms with van der Waals surface area (Å²) < 4.78 is 9.74. The molecule has 0 saturated heterocycles. The van der Waals surface area contributed by atoms with Crippen molar-refractivity contribution < 1.29 is 24.0 Å². The largest absolute Gasteiger partial charge is 0.511 e. The number of rotatable bonds is 7. The Morgan fingerprint density at radius 2 is 1.94 bits per heavy atom. The van der Waals surface area contributed by atoms with Gasteiger partial charge in [-0.1, -0.05) is 13.3 Å². The van der Waals surface area contributed by atoms with Crippen LogP contribution < -0.4 is 0 Å². The van der Waals surface area contributed by atoms with Crippen molar-refractivity contribution in [3.63, 3.8) is 0 Å². The minimum Gasteiger partial charge on any atom is -0.432 e. The molecular weight excluding hydrogens is 212 g/mol. The number of hydrogen-bond acceptors (Lipinski definition) is 5. The fourth-order valence-corrected chi connectivity index (χ4v) is 0.821. The Labute approximate surface area is 96.9 Å². The van der Waals surface area contributed by atoms with Crippen molar-refractivity contribution >= 4 is 6.16 Å². The van der Waals surface area contributed by atoms with Gasteiger partial charge >= 0.3 is 6.16 Å². The van der Waals surface area contributed by atoms with E-state index in [1.807, 2.05) is 6.92 Å². The first-order chi connectivity index (χ1) is 7.37. The summed E-state index contributed by atoms with van der Waals surface area (Å²) in [5.41, 5.74) is 0. The molecule has 0 aliphatic carbocycles. The normalized spacial score (nSPS) is 11.6. The van der Waals surface area contributed by atoms with Crippen LogP contribution in [0.1, 0.15) is 47.5 Å². The number of hydrogen-bond donors (Lipinski definition) is 0. The highest BCUT2D eigenvalue weighted by Gasteiger charge is 2.26. The van der Waals surface area contributed by atoms with E-state index < -0.39 is 11.9 Å². The Bertz CT molecular complexity index is 201. The van der Waals surface area contributed by atoms with Crippen LogP contribution in [-0.2, 0) is 19.2 Å². The summed E-state index contributed by atoms with van der Waals surface area (Å²) in [6.07, 6.45) is 0.926. The first-order valence-corrected chi connectivity index (χ1v) is 5.57. The van der Waals surface area contributed by atoms with Gasteiger partial charge in [-0.25, -0.2) is 9.68 Å². The van der Waals surface area contributed by atoms with E-state index >= 15 is 0 Å². The minimum absolute atomic E-state index is 0.218. The summed E-state index contributed by atoms with van der Waals surface area (Å²) in [5, 5.41) is 0. The Morgan fingerprint density at radius 1 is 1.31 bits per heavy atom. The molecular formula is C11H22O5. The average Bonchev–Trinajstić information content (AvgIpc) is 2.10. The van der Waals surface area contributed by atoms with Gasteiger partial charge in [0.25, 0.3) is 0 Å². The van der Waals surface area contributed by atoms with Gasteiger partial charge in [0.15, 0.2) is 0 Å². The molecule has 0 rings (SSSR count). The molecule has 0 unspecified atom stereocenters. The van der Waals surface area contributed by atoms with E-state index in [1.54, 1.807) is 27.7 Å². The lowest BCUT2D eigenvalue weighted by molar-refractivity contribution is -0.407. The molecule has 0 heterocycles. The third-order valence-electron chi connectivity index (χ3n) is 1.50. The Hall–Kier alpha value is -0.810. The van der Waals surface area contributed by atoms with Crippen molar-refractivity contribution in [2.45, 2.75) is 59.4 Å². The van der Waals surface area contributed by atoms with E-state index in [0.717, 1.165) is 12.8 Å². The molecule has 0 fully saturated rings. The molecule has 96 valence electrons. The zero-order valence-electron chi connectivity index (χ0n) is 10.7. The Kier molecular flexibility index (Phi) is 7.08. The first-order valence-electron chi connectivity index (χ1n) is 5.57. The fourth-order valence-electron chi connectivity index (χ4n) is 0.821. The highest BCUT2D eigenvalue weighted by molar-refractivity contribution is 5.60. The van der Waals surface area contributed by atoms with Crippen LogP contribution >= 0.6 is 0 Å². The average molecular weight is 234 g/mol. The zero-order valence-corrected chi connectivity index (χ0v) is 10.7. The van der Waals surface area contributed by atoms with Crippen LogP contribution in [0, 0.1) is 0 Å². The maximum absolute atomic E-state index is 11.2. The molecule has 0 aliphatic rings. The topological polar surface area (TPSA) is 54.0 Å². The van der Waals surface area contributed by atoms with Gasteiger partial charge in [-0.2, -0.15) is 4.89 Å². The number of unbranched alkanes of at least 4 members (excludes halogenated alkanes) is 1. The molecule has 0 atom stereocenters. The van der Waals surface area contributed by atoms with Crippen LogP contribution in [0.15, 0.2) is 0 Å². The van der Waals surface area contributed by atoms with Gasteiger partial charge in [0, 0.05) is 13.8 Å². The molecule has 0 bridgehead atoms. The van der Waals surface area contributed by atoms with E-state index in [2.05, 4.69) is 0 Å². The second kappa shape index (κ2) is 7.46. The first kappa shape index (κ1) is 15.2. The molecule has 5 nitrogen and oxygen atoms in total. The molecule has 0 amide bonds. The summed E-state index contributed by atoms with van der Waals surface area (Å²) in [5.74, 6) is -1.14. The van der Waals surface area contributed by atoms with Crippen molar-refractivity contribution in [3.05, 3.63) is 0 Å². The van der Waals surface area contributed by atoms with Crippen LogP contribution in [-0.4, -0.2) is 24.7 Å². The van der Waals surface area contributed by atoms with Crippen molar-refractivity contribution in [1.82, 2.24) is 0 Å². The van der Waals surface area contributed by atoms with Gasteiger partial charge in [0.1, 0.15) is 0 Å². The van der Waals surface area contributed by atoms with Crippen molar-refractivity contribution in [3.8, 4) is 0 Å². The van der Waals surface area contributed by atoms with Crippen LogP contribution in [0.4, 0.5) is 4.79 Å². The monoisotopic (exact) mass is 234 g/mol. The number of carbonyl (C=O) groups excluding carboxylic acids is 1. The molecule has 0 spiro atoms. The van der Waals surface area contributed by atoms with Gasteiger partial charge in [0.05, 0.1) is 12.7 Å². The molecule has 0 radical (unpaired) electrons. The van der Waals surface area contributed by atoms with Crippen LogP contribution in [0.5, 0.6) is 0 Å². The van der Waals surface area contributed by atoms with Gasteiger partial charge in [-0.3, -0.25) is 0 Å². The highest BCUT2D eigenvalue weighted by atomic mass is 17.2. The summed E-state index contributed by atoms with van der Waals surface area (Å²) in [6, 6.07) is 0. The summed E-state index contributed by atoms with van der Waals surface area (Å²) in [6.45, 7) is 9.17. The number of ether oxygens (including phenoxy) is 2. The third kappa shape index (κ3) is 8.49. The lowest BCUT2D eigenvalue weighted by Crippen LogP contribution is -2.32. The van der Waals surface area contributed by atoms with E-state index in [9.17, 15) is 4.79 Å². The second-order valence-electron chi connectivity index (χ2n) is 4.18. The van der Waals surface area contributed by atoms with Gasteiger partial charge in [-0.15, -0.1) is 0 Å². The molecule has 0 aromatic heterocycles. The summed E-state index contributed by atoms with van der Waals surface area (Å²) in [4.78, 5) is 21.1. The predicted octanol–water partition coefficient (Wildman–Crippen LogP) is 3.03. The van der Waals surface area contributed by atoms with E-state index in [4.69, 9.17) is 19.2 Å². The molecule has 16 heavy (non-hydrogen) atoms. The van der Waals surface area contributed by atoms with Crippen molar-refractivity contribution in [2.24, 2.45) is 0 Å². The van der Waals surface area contributed by atoms with E-state index in [1.165, 1.54) is 0 Å². The lowest BCUT2D eigenvalue weighted by Gasteiger charge is -2.23. The molecule has 0 aromatic rings. The van der Waals surface area contributed by atoms with Crippen molar-refractivity contribution in [2.75, 3.05) is 6.61 Å². The highest BCUT2D eigenvalue weighted by Crippen LogP contribution is 2.13. The van der Waals surface area contributed by atoms with Gasteiger partial charge in [0.2, 0.25) is 5.79 Å². The quantitative estimate of drug-likeness (QED) is 0.223. The molecule has 0 aromatic carbocycles. The smallest absolute Gasteiger partial charge is 0.432 e. The molecule has 0 N–H and O–H groups in total. The van der Waals surface area contributed by atoms with E-state index in [0.29, 0.717) is 6.61 Å². The Morgan fingerprint density at radius 3 is 2.44 bits per heavy atom. The lowest BCUT2D eigenvalue weighted by atomic mass is 10.4. The van der Waals surface area contributed by atoms with Gasteiger partial charge < -0.3 is 9.47 Å². The fraction of sp³-hybridized carbons (Fsp3) is 0.909. The maximum Gasteiger partial charge on any atom is 0.511 e. The summed E-state index contributed by atoms with van der Waals surface area (Å²) >= 11 is 0. The zero-order chi connectivity index (χ0) is 12.6.